The first kappa shape index (κ1) is 11.7. The third kappa shape index (κ3) is 3.10. The predicted molar refractivity (Wildman–Crippen MR) is 64.8 cm³/mol. The summed E-state index contributed by atoms with van der Waals surface area (Å²) in [6.07, 6.45) is 1.24. The molecule has 3 atom stereocenters. The number of hydrogen-bond donors (Lipinski definition) is 1. The lowest BCUT2D eigenvalue weighted by Gasteiger charge is -2.23. The molecule has 0 bridgehead atoms. The lowest BCUT2D eigenvalue weighted by Crippen LogP contribution is -2.33. The van der Waals surface area contributed by atoms with Crippen LogP contribution in [-0.4, -0.2) is 6.04 Å². The molecule has 0 aliphatic heterocycles. The lowest BCUT2D eigenvalue weighted by atomic mass is 10.00. The minimum atomic E-state index is 0.485. The Kier molecular flexibility index (Phi) is 4.63. The van der Waals surface area contributed by atoms with E-state index in [-0.39, 0.29) is 0 Å². The van der Waals surface area contributed by atoms with Crippen LogP contribution >= 0.6 is 11.3 Å². The van der Waals surface area contributed by atoms with Crippen LogP contribution in [0.5, 0.6) is 0 Å². The van der Waals surface area contributed by atoms with Gasteiger partial charge in [-0.25, -0.2) is 0 Å². The molecular weight excluding hydrogens is 190 g/mol. The molecule has 1 aromatic heterocycles. The molecule has 2 heteroatoms. The summed E-state index contributed by atoms with van der Waals surface area (Å²) in [5, 5.41) is 5.78. The second-order valence-corrected chi connectivity index (χ2v) is 5.06. The van der Waals surface area contributed by atoms with E-state index in [2.05, 4.69) is 50.5 Å². The molecule has 0 fully saturated rings. The van der Waals surface area contributed by atoms with Gasteiger partial charge in [0.05, 0.1) is 0 Å². The van der Waals surface area contributed by atoms with E-state index in [1.165, 1.54) is 11.3 Å². The highest BCUT2D eigenvalue weighted by Gasteiger charge is 2.14. The van der Waals surface area contributed by atoms with Gasteiger partial charge in [0.15, 0.2) is 0 Å². The highest BCUT2D eigenvalue weighted by molar-refractivity contribution is 7.10. The van der Waals surface area contributed by atoms with Crippen molar-refractivity contribution in [2.45, 2.75) is 46.2 Å². The van der Waals surface area contributed by atoms with Crippen LogP contribution in [0.25, 0.3) is 0 Å². The lowest BCUT2D eigenvalue weighted by molar-refractivity contribution is 0.362. The van der Waals surface area contributed by atoms with Crippen LogP contribution in [-0.2, 0) is 0 Å². The summed E-state index contributed by atoms with van der Waals surface area (Å²) in [6, 6.07) is 5.40. The standard InChI is InChI=1S/C12H21NS/c1-5-9(2)10(3)13-11(4)12-7-6-8-14-12/h6-11,13H,5H2,1-4H3. The van der Waals surface area contributed by atoms with Crippen LogP contribution < -0.4 is 5.32 Å². The van der Waals surface area contributed by atoms with Gasteiger partial charge in [0, 0.05) is 17.0 Å². The second kappa shape index (κ2) is 5.52. The van der Waals surface area contributed by atoms with Gasteiger partial charge in [-0.2, -0.15) is 0 Å². The van der Waals surface area contributed by atoms with Gasteiger partial charge in [-0.05, 0) is 31.2 Å². The normalized spacial score (nSPS) is 17.7. The van der Waals surface area contributed by atoms with E-state index in [0.717, 1.165) is 5.92 Å². The third-order valence-corrected chi connectivity index (χ3v) is 4.04. The van der Waals surface area contributed by atoms with Crippen molar-refractivity contribution in [2.75, 3.05) is 0 Å². The number of rotatable bonds is 5. The van der Waals surface area contributed by atoms with Crippen molar-refractivity contribution in [1.82, 2.24) is 5.32 Å². The molecule has 0 aliphatic rings. The van der Waals surface area contributed by atoms with Crippen LogP contribution in [0.3, 0.4) is 0 Å². The van der Waals surface area contributed by atoms with E-state index in [9.17, 15) is 0 Å². The van der Waals surface area contributed by atoms with Crippen LogP contribution in [0.15, 0.2) is 17.5 Å². The summed E-state index contributed by atoms with van der Waals surface area (Å²) in [5.41, 5.74) is 0. The Morgan fingerprint density at radius 1 is 1.36 bits per heavy atom. The Morgan fingerprint density at radius 3 is 2.57 bits per heavy atom. The topological polar surface area (TPSA) is 12.0 Å². The average Bonchev–Trinajstić information content (AvgIpc) is 2.69. The maximum atomic E-state index is 3.64. The monoisotopic (exact) mass is 211 g/mol. The molecule has 1 aromatic rings. The SMILES string of the molecule is CCC(C)C(C)NC(C)c1cccs1. The first-order valence-corrected chi connectivity index (χ1v) is 6.32. The van der Waals surface area contributed by atoms with E-state index in [0.29, 0.717) is 12.1 Å². The summed E-state index contributed by atoms with van der Waals surface area (Å²) in [5.74, 6) is 0.748. The molecule has 0 saturated heterocycles. The van der Waals surface area contributed by atoms with Crippen molar-refractivity contribution in [2.24, 2.45) is 5.92 Å². The molecule has 0 aliphatic carbocycles. The van der Waals surface area contributed by atoms with Gasteiger partial charge in [0.25, 0.3) is 0 Å². The molecular formula is C12H21NS. The fourth-order valence-corrected chi connectivity index (χ4v) is 2.28. The zero-order valence-corrected chi connectivity index (χ0v) is 10.4. The van der Waals surface area contributed by atoms with Crippen LogP contribution in [0.1, 0.15) is 45.0 Å². The van der Waals surface area contributed by atoms with Crippen molar-refractivity contribution in [3.05, 3.63) is 22.4 Å². The second-order valence-electron chi connectivity index (χ2n) is 4.08. The first-order chi connectivity index (χ1) is 6.65. The fourth-order valence-electron chi connectivity index (χ4n) is 1.53. The molecule has 1 nitrogen and oxygen atoms in total. The van der Waals surface area contributed by atoms with Crippen molar-refractivity contribution in [3.63, 3.8) is 0 Å². The molecule has 1 rings (SSSR count). The quantitative estimate of drug-likeness (QED) is 0.780. The Labute approximate surface area is 91.5 Å². The number of thiophene rings is 1. The predicted octanol–water partition coefficient (Wildman–Crippen LogP) is 3.83. The Hall–Kier alpha value is -0.340. The summed E-state index contributed by atoms with van der Waals surface area (Å²) in [7, 11) is 0. The smallest absolute Gasteiger partial charge is 0.0388 e. The minimum absolute atomic E-state index is 0.485. The molecule has 1 N–H and O–H groups in total. The number of hydrogen-bond acceptors (Lipinski definition) is 2. The maximum absolute atomic E-state index is 3.64. The molecule has 0 amide bonds. The molecule has 0 saturated carbocycles. The van der Waals surface area contributed by atoms with E-state index in [1.54, 1.807) is 0 Å². The zero-order valence-electron chi connectivity index (χ0n) is 9.58. The molecule has 14 heavy (non-hydrogen) atoms. The third-order valence-electron chi connectivity index (χ3n) is 2.98. The van der Waals surface area contributed by atoms with Crippen molar-refractivity contribution in [3.8, 4) is 0 Å². The molecule has 80 valence electrons. The minimum Gasteiger partial charge on any atom is -0.307 e. The van der Waals surface area contributed by atoms with Crippen molar-refractivity contribution < 1.29 is 0 Å². The summed E-state index contributed by atoms with van der Waals surface area (Å²) in [4.78, 5) is 1.43. The van der Waals surface area contributed by atoms with Gasteiger partial charge in [0.2, 0.25) is 0 Å². The Morgan fingerprint density at radius 2 is 2.07 bits per heavy atom. The van der Waals surface area contributed by atoms with E-state index in [4.69, 9.17) is 0 Å². The van der Waals surface area contributed by atoms with Gasteiger partial charge in [-0.15, -0.1) is 11.3 Å². The van der Waals surface area contributed by atoms with E-state index in [1.807, 2.05) is 11.3 Å². The van der Waals surface area contributed by atoms with E-state index >= 15 is 0 Å². The summed E-state index contributed by atoms with van der Waals surface area (Å²) in [6.45, 7) is 9.07. The van der Waals surface area contributed by atoms with E-state index < -0.39 is 0 Å². The van der Waals surface area contributed by atoms with Gasteiger partial charge in [-0.3, -0.25) is 0 Å². The van der Waals surface area contributed by atoms with Crippen molar-refractivity contribution >= 4 is 11.3 Å². The maximum Gasteiger partial charge on any atom is 0.0388 e. The molecule has 0 spiro atoms. The Balaban J connectivity index is 2.44. The van der Waals surface area contributed by atoms with Crippen LogP contribution in [0.2, 0.25) is 0 Å². The molecule has 3 unspecified atom stereocenters. The van der Waals surface area contributed by atoms with Gasteiger partial charge in [-0.1, -0.05) is 26.3 Å². The average molecular weight is 211 g/mol. The Bertz CT molecular complexity index is 243. The van der Waals surface area contributed by atoms with Crippen LogP contribution in [0.4, 0.5) is 0 Å². The molecule has 1 heterocycles. The largest absolute Gasteiger partial charge is 0.307 e. The highest BCUT2D eigenvalue weighted by Crippen LogP contribution is 2.20. The van der Waals surface area contributed by atoms with Crippen LogP contribution in [0, 0.1) is 5.92 Å². The highest BCUT2D eigenvalue weighted by atomic mass is 32.1. The van der Waals surface area contributed by atoms with Gasteiger partial charge < -0.3 is 5.32 Å². The molecule has 0 radical (unpaired) electrons. The van der Waals surface area contributed by atoms with Gasteiger partial charge >= 0.3 is 0 Å². The van der Waals surface area contributed by atoms with Gasteiger partial charge in [0.1, 0.15) is 0 Å². The summed E-state index contributed by atoms with van der Waals surface area (Å²) >= 11 is 1.83. The number of nitrogens with one attached hydrogen (secondary N) is 1. The zero-order chi connectivity index (χ0) is 10.6. The first-order valence-electron chi connectivity index (χ1n) is 5.44. The van der Waals surface area contributed by atoms with Crippen molar-refractivity contribution in [1.29, 1.82) is 0 Å². The summed E-state index contributed by atoms with van der Waals surface area (Å²) < 4.78 is 0. The fraction of sp³-hybridized carbons (Fsp3) is 0.667. The molecule has 0 aromatic carbocycles.